The van der Waals surface area contributed by atoms with E-state index in [1.165, 1.54) is 6.07 Å². The molecule has 1 aromatic rings. The van der Waals surface area contributed by atoms with E-state index in [2.05, 4.69) is 0 Å². The summed E-state index contributed by atoms with van der Waals surface area (Å²) in [6, 6.07) is 4.87. The van der Waals surface area contributed by atoms with Crippen molar-refractivity contribution in [2.24, 2.45) is 0 Å². The van der Waals surface area contributed by atoms with Crippen LogP contribution in [-0.2, 0) is 20.3 Å². The predicted octanol–water partition coefficient (Wildman–Crippen LogP) is 2.30. The summed E-state index contributed by atoms with van der Waals surface area (Å²) in [5.41, 5.74) is 1.28. The first-order valence-electron chi connectivity index (χ1n) is 5.82. The molecular weight excluding hydrogens is 274 g/mol. The van der Waals surface area contributed by atoms with E-state index >= 15 is 0 Å². The van der Waals surface area contributed by atoms with Crippen LogP contribution in [0.25, 0.3) is 0 Å². The van der Waals surface area contributed by atoms with Gasteiger partial charge in [0, 0.05) is 29.3 Å². The lowest BCUT2D eigenvalue weighted by molar-refractivity contribution is -0.117. The van der Waals surface area contributed by atoms with Gasteiger partial charge in [0.25, 0.3) is 9.05 Å². The van der Waals surface area contributed by atoms with Gasteiger partial charge in [0.05, 0.1) is 4.90 Å². The second-order valence-corrected chi connectivity index (χ2v) is 6.73. The minimum absolute atomic E-state index is 0.0359. The first-order chi connectivity index (χ1) is 8.45. The number of amides is 1. The Labute approximate surface area is 111 Å². The largest absolute Gasteiger partial charge is 0.312 e. The van der Waals surface area contributed by atoms with Crippen molar-refractivity contribution in [2.75, 3.05) is 11.4 Å². The van der Waals surface area contributed by atoms with Gasteiger partial charge in [-0.3, -0.25) is 4.79 Å². The number of rotatable bonds is 3. The van der Waals surface area contributed by atoms with Crippen molar-refractivity contribution in [1.82, 2.24) is 0 Å². The molecule has 1 aliphatic rings. The van der Waals surface area contributed by atoms with Crippen molar-refractivity contribution in [3.05, 3.63) is 23.8 Å². The third-order valence-electron chi connectivity index (χ3n) is 3.09. The lowest BCUT2D eigenvalue weighted by Crippen LogP contribution is -2.25. The standard InChI is InChI=1S/C12H14ClNO3S/c1-2-9-10(14-8-4-7-12(14)15)5-3-6-11(9)18(13,16)17/h3,5-6H,2,4,7-8H2,1H3. The molecule has 98 valence electrons. The summed E-state index contributed by atoms with van der Waals surface area (Å²) in [4.78, 5) is 13.5. The molecule has 4 nitrogen and oxygen atoms in total. The number of carbonyl (C=O) groups excluding carboxylic acids is 1. The van der Waals surface area contributed by atoms with Crippen LogP contribution < -0.4 is 4.90 Å². The quantitative estimate of drug-likeness (QED) is 0.802. The summed E-state index contributed by atoms with van der Waals surface area (Å²) in [6.07, 6.45) is 1.84. The number of carbonyl (C=O) groups is 1. The van der Waals surface area contributed by atoms with Crippen LogP contribution in [0.1, 0.15) is 25.3 Å². The first-order valence-corrected chi connectivity index (χ1v) is 8.13. The first kappa shape index (κ1) is 13.4. The Morgan fingerprint density at radius 2 is 2.11 bits per heavy atom. The lowest BCUT2D eigenvalue weighted by Gasteiger charge is -2.20. The average Bonchev–Trinajstić information content (AvgIpc) is 2.73. The maximum atomic E-state index is 11.7. The number of nitrogens with zero attached hydrogens (tertiary/aromatic N) is 1. The third-order valence-corrected chi connectivity index (χ3v) is 4.50. The summed E-state index contributed by atoms with van der Waals surface area (Å²) in [7, 11) is 1.65. The van der Waals surface area contributed by atoms with Gasteiger partial charge in [0.1, 0.15) is 0 Å². The second kappa shape index (κ2) is 4.90. The molecule has 0 bridgehead atoms. The van der Waals surface area contributed by atoms with Gasteiger partial charge in [0.15, 0.2) is 0 Å². The SMILES string of the molecule is CCc1c(N2CCCC2=O)cccc1S(=O)(=O)Cl. The summed E-state index contributed by atoms with van der Waals surface area (Å²) in [5.74, 6) is 0.0359. The highest BCUT2D eigenvalue weighted by Crippen LogP contribution is 2.31. The van der Waals surface area contributed by atoms with Gasteiger partial charge in [0.2, 0.25) is 5.91 Å². The maximum Gasteiger partial charge on any atom is 0.261 e. The molecule has 18 heavy (non-hydrogen) atoms. The van der Waals surface area contributed by atoms with Crippen LogP contribution in [0.3, 0.4) is 0 Å². The number of anilines is 1. The van der Waals surface area contributed by atoms with E-state index in [9.17, 15) is 13.2 Å². The van der Waals surface area contributed by atoms with Gasteiger partial charge in [-0.15, -0.1) is 0 Å². The number of hydrogen-bond donors (Lipinski definition) is 0. The summed E-state index contributed by atoms with van der Waals surface area (Å²) in [5, 5.41) is 0. The van der Waals surface area contributed by atoms with E-state index in [0.717, 1.165) is 6.42 Å². The Morgan fingerprint density at radius 1 is 1.39 bits per heavy atom. The Bertz CT molecular complexity index is 583. The topological polar surface area (TPSA) is 54.5 Å². The molecule has 0 aromatic heterocycles. The normalized spacial score (nSPS) is 16.3. The van der Waals surface area contributed by atoms with E-state index in [0.29, 0.717) is 30.6 Å². The highest BCUT2D eigenvalue weighted by Gasteiger charge is 2.26. The van der Waals surface area contributed by atoms with Gasteiger partial charge in [-0.05, 0) is 30.5 Å². The molecule has 0 saturated carbocycles. The minimum atomic E-state index is -3.78. The summed E-state index contributed by atoms with van der Waals surface area (Å²) >= 11 is 0. The fourth-order valence-corrected chi connectivity index (χ4v) is 3.51. The number of benzene rings is 1. The average molecular weight is 288 g/mol. The molecule has 1 heterocycles. The fraction of sp³-hybridized carbons (Fsp3) is 0.417. The highest BCUT2D eigenvalue weighted by atomic mass is 35.7. The molecule has 1 aromatic carbocycles. The number of halogens is 1. The molecule has 0 spiro atoms. The Kier molecular flexibility index (Phi) is 3.64. The van der Waals surface area contributed by atoms with Crippen LogP contribution in [0.2, 0.25) is 0 Å². The summed E-state index contributed by atoms with van der Waals surface area (Å²) in [6.45, 7) is 2.49. The molecule has 1 fully saturated rings. The minimum Gasteiger partial charge on any atom is -0.312 e. The van der Waals surface area contributed by atoms with Crippen LogP contribution >= 0.6 is 10.7 Å². The second-order valence-electron chi connectivity index (χ2n) is 4.19. The highest BCUT2D eigenvalue weighted by molar-refractivity contribution is 8.13. The predicted molar refractivity (Wildman–Crippen MR) is 70.4 cm³/mol. The van der Waals surface area contributed by atoms with Crippen LogP contribution in [-0.4, -0.2) is 20.9 Å². The van der Waals surface area contributed by atoms with E-state index in [1.54, 1.807) is 17.0 Å². The van der Waals surface area contributed by atoms with E-state index in [1.807, 2.05) is 6.92 Å². The van der Waals surface area contributed by atoms with Crippen LogP contribution in [0.4, 0.5) is 5.69 Å². The molecule has 1 amide bonds. The third kappa shape index (κ3) is 2.37. The maximum absolute atomic E-state index is 11.7. The van der Waals surface area contributed by atoms with Crippen molar-refractivity contribution < 1.29 is 13.2 Å². The monoisotopic (exact) mass is 287 g/mol. The molecular formula is C12H14ClNO3S. The van der Waals surface area contributed by atoms with Crippen molar-refractivity contribution >= 4 is 31.3 Å². The Balaban J connectivity index is 2.58. The van der Waals surface area contributed by atoms with Gasteiger partial charge >= 0.3 is 0 Å². The lowest BCUT2D eigenvalue weighted by atomic mass is 10.1. The molecule has 0 atom stereocenters. The molecule has 0 radical (unpaired) electrons. The van der Waals surface area contributed by atoms with Gasteiger partial charge in [-0.2, -0.15) is 0 Å². The van der Waals surface area contributed by atoms with Gasteiger partial charge in [-0.1, -0.05) is 13.0 Å². The molecule has 6 heteroatoms. The van der Waals surface area contributed by atoms with Gasteiger partial charge in [-0.25, -0.2) is 8.42 Å². The Morgan fingerprint density at radius 3 is 2.61 bits per heavy atom. The van der Waals surface area contributed by atoms with E-state index < -0.39 is 9.05 Å². The van der Waals surface area contributed by atoms with Crippen molar-refractivity contribution in [1.29, 1.82) is 0 Å². The van der Waals surface area contributed by atoms with E-state index in [4.69, 9.17) is 10.7 Å². The van der Waals surface area contributed by atoms with Crippen LogP contribution in [0.15, 0.2) is 23.1 Å². The molecule has 1 saturated heterocycles. The smallest absolute Gasteiger partial charge is 0.261 e. The van der Waals surface area contributed by atoms with Crippen molar-refractivity contribution in [2.45, 2.75) is 31.1 Å². The Hall–Kier alpha value is -1.07. The van der Waals surface area contributed by atoms with Crippen molar-refractivity contribution in [3.8, 4) is 0 Å². The van der Waals surface area contributed by atoms with Gasteiger partial charge < -0.3 is 4.90 Å². The number of hydrogen-bond acceptors (Lipinski definition) is 3. The molecule has 2 rings (SSSR count). The van der Waals surface area contributed by atoms with E-state index in [-0.39, 0.29) is 10.8 Å². The zero-order valence-corrected chi connectivity index (χ0v) is 11.6. The molecule has 0 aliphatic carbocycles. The fourth-order valence-electron chi connectivity index (χ4n) is 2.29. The van der Waals surface area contributed by atoms with Crippen molar-refractivity contribution in [3.63, 3.8) is 0 Å². The molecule has 0 N–H and O–H groups in total. The van der Waals surface area contributed by atoms with Crippen LogP contribution in [0.5, 0.6) is 0 Å². The molecule has 1 aliphatic heterocycles. The summed E-state index contributed by atoms with van der Waals surface area (Å²) < 4.78 is 23.0. The zero-order valence-electron chi connectivity index (χ0n) is 10.0. The molecule has 0 unspecified atom stereocenters. The zero-order chi connectivity index (χ0) is 13.3. The van der Waals surface area contributed by atoms with Crippen LogP contribution in [0, 0.1) is 0 Å².